The molecule has 1 aromatic carbocycles. The van der Waals surface area contributed by atoms with Crippen molar-refractivity contribution in [3.8, 4) is 0 Å². The summed E-state index contributed by atoms with van der Waals surface area (Å²) in [6.45, 7) is 9.09. The Kier molecular flexibility index (Phi) is 6.01. The zero-order chi connectivity index (χ0) is 17.7. The van der Waals surface area contributed by atoms with Crippen LogP contribution in [-0.2, 0) is 26.3 Å². The molecule has 5 heteroatoms. The number of hydrogen-bond donors (Lipinski definition) is 2. The SMILES string of the molecule is CCc1cccc(CC)c1NC(N)=NCCc1c(C)nn(C)c1C. The number of hydrogen-bond acceptors (Lipinski definition) is 2. The summed E-state index contributed by atoms with van der Waals surface area (Å²) in [6, 6.07) is 6.37. The van der Waals surface area contributed by atoms with E-state index in [-0.39, 0.29) is 0 Å². The Morgan fingerprint density at radius 1 is 1.21 bits per heavy atom. The van der Waals surface area contributed by atoms with Crippen LogP contribution in [0.4, 0.5) is 5.69 Å². The van der Waals surface area contributed by atoms with Crippen LogP contribution < -0.4 is 11.1 Å². The maximum atomic E-state index is 6.12. The predicted octanol–water partition coefficient (Wildman–Crippen LogP) is 3.13. The molecule has 0 fully saturated rings. The van der Waals surface area contributed by atoms with E-state index < -0.39 is 0 Å². The van der Waals surface area contributed by atoms with Crippen LogP contribution >= 0.6 is 0 Å². The minimum atomic E-state index is 0.477. The van der Waals surface area contributed by atoms with Gasteiger partial charge in [-0.05, 0) is 49.8 Å². The van der Waals surface area contributed by atoms with Crippen LogP contribution in [0.3, 0.4) is 0 Å². The largest absolute Gasteiger partial charge is 0.370 e. The summed E-state index contributed by atoms with van der Waals surface area (Å²) in [6.07, 6.45) is 2.79. The summed E-state index contributed by atoms with van der Waals surface area (Å²) in [7, 11) is 1.97. The first-order valence-corrected chi connectivity index (χ1v) is 8.64. The Morgan fingerprint density at radius 2 is 1.83 bits per heavy atom. The third kappa shape index (κ3) is 3.96. The van der Waals surface area contributed by atoms with E-state index in [1.165, 1.54) is 22.4 Å². The Balaban J connectivity index is 2.07. The highest BCUT2D eigenvalue weighted by Crippen LogP contribution is 2.22. The van der Waals surface area contributed by atoms with Crippen LogP contribution in [0.2, 0.25) is 0 Å². The van der Waals surface area contributed by atoms with Gasteiger partial charge in [0, 0.05) is 25.0 Å². The minimum Gasteiger partial charge on any atom is -0.370 e. The molecular weight excluding hydrogens is 298 g/mol. The molecule has 0 amide bonds. The molecule has 130 valence electrons. The van der Waals surface area contributed by atoms with Gasteiger partial charge in [0.05, 0.1) is 5.69 Å². The normalized spacial score (nSPS) is 11.8. The smallest absolute Gasteiger partial charge is 0.193 e. The van der Waals surface area contributed by atoms with Gasteiger partial charge in [0.1, 0.15) is 0 Å². The Morgan fingerprint density at radius 3 is 2.33 bits per heavy atom. The second kappa shape index (κ2) is 7.99. The highest BCUT2D eigenvalue weighted by atomic mass is 15.3. The number of benzene rings is 1. The van der Waals surface area contributed by atoms with Crippen molar-refractivity contribution in [3.05, 3.63) is 46.3 Å². The molecule has 24 heavy (non-hydrogen) atoms. The summed E-state index contributed by atoms with van der Waals surface area (Å²) in [5, 5.41) is 7.75. The number of aliphatic imine (C=N–C) groups is 1. The van der Waals surface area contributed by atoms with E-state index in [0.717, 1.165) is 30.6 Å². The minimum absolute atomic E-state index is 0.477. The van der Waals surface area contributed by atoms with Gasteiger partial charge >= 0.3 is 0 Å². The van der Waals surface area contributed by atoms with E-state index in [0.29, 0.717) is 12.5 Å². The van der Waals surface area contributed by atoms with Crippen molar-refractivity contribution in [1.29, 1.82) is 0 Å². The maximum Gasteiger partial charge on any atom is 0.193 e. The van der Waals surface area contributed by atoms with Crippen molar-refractivity contribution >= 4 is 11.6 Å². The molecule has 5 nitrogen and oxygen atoms in total. The molecule has 0 saturated heterocycles. The topological polar surface area (TPSA) is 68.2 Å². The lowest BCUT2D eigenvalue weighted by Crippen LogP contribution is -2.24. The standard InChI is InChI=1S/C19H29N5/c1-6-15-9-8-10-16(7-2)18(15)22-19(20)21-12-11-17-13(3)23-24(5)14(17)4/h8-10H,6-7,11-12H2,1-5H3,(H3,20,21,22). The van der Waals surface area contributed by atoms with E-state index in [4.69, 9.17) is 5.73 Å². The molecular formula is C19H29N5. The molecule has 3 N–H and O–H groups in total. The number of para-hydroxylation sites is 1. The number of guanidine groups is 1. The van der Waals surface area contributed by atoms with Crippen molar-refractivity contribution in [2.24, 2.45) is 17.8 Å². The Hall–Kier alpha value is -2.30. The molecule has 1 heterocycles. The van der Waals surface area contributed by atoms with Crippen molar-refractivity contribution in [2.75, 3.05) is 11.9 Å². The molecule has 2 rings (SSSR count). The average Bonchev–Trinajstić information content (AvgIpc) is 2.81. The molecule has 0 aliphatic rings. The van der Waals surface area contributed by atoms with E-state index >= 15 is 0 Å². The molecule has 0 atom stereocenters. The molecule has 1 aromatic heterocycles. The van der Waals surface area contributed by atoms with Gasteiger partial charge in [-0.3, -0.25) is 9.67 Å². The lowest BCUT2D eigenvalue weighted by Gasteiger charge is -2.14. The summed E-state index contributed by atoms with van der Waals surface area (Å²) in [4.78, 5) is 4.50. The lowest BCUT2D eigenvalue weighted by molar-refractivity contribution is 0.730. The van der Waals surface area contributed by atoms with Crippen LogP contribution in [0.5, 0.6) is 0 Å². The van der Waals surface area contributed by atoms with Gasteiger partial charge in [-0.15, -0.1) is 0 Å². The fourth-order valence-electron chi connectivity index (χ4n) is 3.04. The summed E-state index contributed by atoms with van der Waals surface area (Å²) >= 11 is 0. The fourth-order valence-corrected chi connectivity index (χ4v) is 3.04. The number of nitrogens with two attached hydrogens (primary N) is 1. The third-order valence-corrected chi connectivity index (χ3v) is 4.55. The van der Waals surface area contributed by atoms with Crippen LogP contribution in [-0.4, -0.2) is 22.3 Å². The summed E-state index contributed by atoms with van der Waals surface area (Å²) in [5.74, 6) is 0.477. The molecule has 0 unspecified atom stereocenters. The highest BCUT2D eigenvalue weighted by Gasteiger charge is 2.09. The van der Waals surface area contributed by atoms with Gasteiger partial charge in [0.25, 0.3) is 0 Å². The van der Waals surface area contributed by atoms with E-state index in [1.807, 2.05) is 18.7 Å². The van der Waals surface area contributed by atoms with E-state index in [2.05, 4.69) is 54.4 Å². The van der Waals surface area contributed by atoms with E-state index in [9.17, 15) is 0 Å². The van der Waals surface area contributed by atoms with Crippen LogP contribution in [0.25, 0.3) is 0 Å². The number of aromatic nitrogens is 2. The van der Waals surface area contributed by atoms with Crippen molar-refractivity contribution in [1.82, 2.24) is 9.78 Å². The van der Waals surface area contributed by atoms with Crippen molar-refractivity contribution < 1.29 is 0 Å². The first-order chi connectivity index (χ1) is 11.5. The molecule has 0 spiro atoms. The quantitative estimate of drug-likeness (QED) is 0.633. The Labute approximate surface area is 145 Å². The monoisotopic (exact) mass is 327 g/mol. The number of nitrogens with one attached hydrogen (secondary N) is 1. The van der Waals surface area contributed by atoms with Crippen molar-refractivity contribution in [2.45, 2.75) is 47.0 Å². The average molecular weight is 327 g/mol. The van der Waals surface area contributed by atoms with Gasteiger partial charge in [-0.25, -0.2) is 0 Å². The van der Waals surface area contributed by atoms with Gasteiger partial charge < -0.3 is 11.1 Å². The molecule has 2 aromatic rings. The van der Waals surface area contributed by atoms with E-state index in [1.54, 1.807) is 0 Å². The van der Waals surface area contributed by atoms with Crippen LogP contribution in [0.1, 0.15) is 41.9 Å². The Bertz CT molecular complexity index is 705. The van der Waals surface area contributed by atoms with Gasteiger partial charge in [0.15, 0.2) is 5.96 Å². The molecule has 0 aliphatic carbocycles. The summed E-state index contributed by atoms with van der Waals surface area (Å²) in [5.41, 5.74) is 13.3. The lowest BCUT2D eigenvalue weighted by atomic mass is 10.0. The van der Waals surface area contributed by atoms with Gasteiger partial charge in [0.2, 0.25) is 0 Å². The van der Waals surface area contributed by atoms with Gasteiger partial charge in [-0.1, -0.05) is 32.0 Å². The van der Waals surface area contributed by atoms with Crippen LogP contribution in [0, 0.1) is 13.8 Å². The highest BCUT2D eigenvalue weighted by molar-refractivity contribution is 5.93. The second-order valence-corrected chi connectivity index (χ2v) is 6.07. The number of nitrogens with zero attached hydrogens (tertiary/aromatic N) is 3. The number of anilines is 1. The zero-order valence-electron chi connectivity index (χ0n) is 15.5. The molecule has 0 aliphatic heterocycles. The number of rotatable bonds is 6. The first kappa shape index (κ1) is 18.0. The molecule has 0 saturated carbocycles. The third-order valence-electron chi connectivity index (χ3n) is 4.55. The maximum absolute atomic E-state index is 6.12. The second-order valence-electron chi connectivity index (χ2n) is 6.07. The zero-order valence-corrected chi connectivity index (χ0v) is 15.5. The fraction of sp³-hybridized carbons (Fsp3) is 0.474. The van der Waals surface area contributed by atoms with Crippen LogP contribution in [0.15, 0.2) is 23.2 Å². The predicted molar refractivity (Wildman–Crippen MR) is 102 cm³/mol. The molecule has 0 bridgehead atoms. The summed E-state index contributed by atoms with van der Waals surface area (Å²) < 4.78 is 1.92. The number of aryl methyl sites for hydroxylation is 4. The molecule has 0 radical (unpaired) electrons. The first-order valence-electron chi connectivity index (χ1n) is 8.64. The van der Waals surface area contributed by atoms with Crippen molar-refractivity contribution in [3.63, 3.8) is 0 Å². The van der Waals surface area contributed by atoms with Gasteiger partial charge in [-0.2, -0.15) is 5.10 Å².